The highest BCUT2D eigenvalue weighted by molar-refractivity contribution is 5.91. The summed E-state index contributed by atoms with van der Waals surface area (Å²) in [5, 5.41) is 17.6. The zero-order valence-electron chi connectivity index (χ0n) is 11.9. The monoisotopic (exact) mass is 292 g/mol. The minimum absolute atomic E-state index is 0.246. The molecule has 2 aromatic rings. The van der Waals surface area contributed by atoms with Gasteiger partial charge in [-0.25, -0.2) is 4.79 Å². The molecule has 2 rings (SSSR count). The summed E-state index contributed by atoms with van der Waals surface area (Å²) in [7, 11) is 0. The average molecular weight is 292 g/mol. The lowest BCUT2D eigenvalue weighted by Crippen LogP contribution is -2.09. The maximum Gasteiger partial charge on any atom is 0.343 e. The van der Waals surface area contributed by atoms with E-state index < -0.39 is 5.97 Å². The fraction of sp³-hybridized carbons (Fsp3) is 0.118. The summed E-state index contributed by atoms with van der Waals surface area (Å²) < 4.78 is 10.7. The molecule has 5 heteroatoms. The van der Waals surface area contributed by atoms with Gasteiger partial charge in [0.25, 0.3) is 0 Å². The van der Waals surface area contributed by atoms with Gasteiger partial charge in [-0.2, -0.15) is 10.5 Å². The summed E-state index contributed by atoms with van der Waals surface area (Å²) in [5.41, 5.74) is 1.21. The van der Waals surface area contributed by atoms with Crippen molar-refractivity contribution in [3.05, 3.63) is 59.2 Å². The van der Waals surface area contributed by atoms with Gasteiger partial charge in [0.1, 0.15) is 0 Å². The number of hydrogen-bond acceptors (Lipinski definition) is 5. The molecule has 0 N–H and O–H groups in total. The Kier molecular flexibility index (Phi) is 4.74. The van der Waals surface area contributed by atoms with Crippen molar-refractivity contribution >= 4 is 5.97 Å². The Hall–Kier alpha value is -3.31. The quantitative estimate of drug-likeness (QED) is 0.639. The first-order valence-corrected chi connectivity index (χ1v) is 6.57. The number of rotatable bonds is 4. The van der Waals surface area contributed by atoms with Crippen LogP contribution in [0.3, 0.4) is 0 Å². The van der Waals surface area contributed by atoms with Gasteiger partial charge in [-0.15, -0.1) is 0 Å². The van der Waals surface area contributed by atoms with Gasteiger partial charge in [0, 0.05) is 6.07 Å². The molecule has 108 valence electrons. The molecular formula is C17H12N2O3. The second-order valence-corrected chi connectivity index (χ2v) is 4.29. The SMILES string of the molecule is CCOc1cc(C#N)ccc1OC(=O)c1ccc(C#N)cc1. The van der Waals surface area contributed by atoms with Gasteiger partial charge >= 0.3 is 5.97 Å². The summed E-state index contributed by atoms with van der Waals surface area (Å²) in [6.07, 6.45) is 0. The molecule has 0 aliphatic rings. The molecule has 0 atom stereocenters. The number of nitriles is 2. The molecule has 22 heavy (non-hydrogen) atoms. The van der Waals surface area contributed by atoms with E-state index in [4.69, 9.17) is 20.0 Å². The Labute approximate surface area is 127 Å². The Morgan fingerprint density at radius 2 is 1.64 bits per heavy atom. The molecule has 0 aromatic heterocycles. The van der Waals surface area contributed by atoms with Crippen molar-refractivity contribution in [3.8, 4) is 23.6 Å². The molecule has 2 aromatic carbocycles. The van der Waals surface area contributed by atoms with Gasteiger partial charge < -0.3 is 9.47 Å². The number of esters is 1. The molecule has 5 nitrogen and oxygen atoms in total. The third-order valence-corrected chi connectivity index (χ3v) is 2.83. The first kappa shape index (κ1) is 15.1. The molecule has 0 heterocycles. The van der Waals surface area contributed by atoms with Crippen LogP contribution in [0, 0.1) is 22.7 Å². The first-order chi connectivity index (χ1) is 10.7. The highest BCUT2D eigenvalue weighted by Crippen LogP contribution is 2.29. The fourth-order valence-corrected chi connectivity index (χ4v) is 1.77. The fourth-order valence-electron chi connectivity index (χ4n) is 1.77. The van der Waals surface area contributed by atoms with E-state index in [0.717, 1.165) is 0 Å². The minimum Gasteiger partial charge on any atom is -0.490 e. The smallest absolute Gasteiger partial charge is 0.343 e. The molecule has 0 radical (unpaired) electrons. The van der Waals surface area contributed by atoms with Crippen molar-refractivity contribution in [3.63, 3.8) is 0 Å². The Bertz CT molecular complexity index is 768. The summed E-state index contributed by atoms with van der Waals surface area (Å²) >= 11 is 0. The summed E-state index contributed by atoms with van der Waals surface area (Å²) in [5.74, 6) is 0.0221. The largest absolute Gasteiger partial charge is 0.490 e. The lowest BCUT2D eigenvalue weighted by molar-refractivity contribution is 0.0728. The highest BCUT2D eigenvalue weighted by atomic mass is 16.6. The van der Waals surface area contributed by atoms with E-state index in [1.54, 1.807) is 25.1 Å². The highest BCUT2D eigenvalue weighted by Gasteiger charge is 2.13. The average Bonchev–Trinajstić information content (AvgIpc) is 2.56. The predicted octanol–water partition coefficient (Wildman–Crippen LogP) is 3.05. The Morgan fingerprint density at radius 3 is 2.23 bits per heavy atom. The van der Waals surface area contributed by atoms with Crippen LogP contribution in [0.5, 0.6) is 11.5 Å². The van der Waals surface area contributed by atoms with E-state index in [0.29, 0.717) is 29.0 Å². The van der Waals surface area contributed by atoms with Crippen LogP contribution in [-0.2, 0) is 0 Å². The van der Waals surface area contributed by atoms with E-state index in [2.05, 4.69) is 0 Å². The van der Waals surface area contributed by atoms with Crippen molar-refractivity contribution in [1.82, 2.24) is 0 Å². The maximum atomic E-state index is 12.1. The van der Waals surface area contributed by atoms with E-state index in [9.17, 15) is 4.79 Å². The van der Waals surface area contributed by atoms with Crippen LogP contribution < -0.4 is 9.47 Å². The molecular weight excluding hydrogens is 280 g/mol. The van der Waals surface area contributed by atoms with E-state index in [1.165, 1.54) is 24.3 Å². The Balaban J connectivity index is 2.23. The van der Waals surface area contributed by atoms with E-state index in [-0.39, 0.29) is 5.75 Å². The maximum absolute atomic E-state index is 12.1. The second-order valence-electron chi connectivity index (χ2n) is 4.29. The van der Waals surface area contributed by atoms with Gasteiger partial charge in [0.2, 0.25) is 0 Å². The Morgan fingerprint density at radius 1 is 1.00 bits per heavy atom. The number of benzene rings is 2. The van der Waals surface area contributed by atoms with Crippen molar-refractivity contribution < 1.29 is 14.3 Å². The number of ether oxygens (including phenoxy) is 2. The first-order valence-electron chi connectivity index (χ1n) is 6.57. The summed E-state index contributed by atoms with van der Waals surface area (Å²) in [6, 6.07) is 14.7. The second kappa shape index (κ2) is 6.92. The number of hydrogen-bond donors (Lipinski definition) is 0. The van der Waals surface area contributed by atoms with Crippen LogP contribution in [0.2, 0.25) is 0 Å². The van der Waals surface area contributed by atoms with Crippen molar-refractivity contribution in [2.45, 2.75) is 6.92 Å². The van der Waals surface area contributed by atoms with Gasteiger partial charge in [0.05, 0.1) is 35.4 Å². The predicted molar refractivity (Wildman–Crippen MR) is 78.4 cm³/mol. The van der Waals surface area contributed by atoms with Gasteiger partial charge in [-0.3, -0.25) is 0 Å². The lowest BCUT2D eigenvalue weighted by atomic mass is 10.1. The van der Waals surface area contributed by atoms with Gasteiger partial charge in [0.15, 0.2) is 11.5 Å². The van der Waals surface area contributed by atoms with Crippen LogP contribution >= 0.6 is 0 Å². The number of carbonyl (C=O) groups excluding carboxylic acids is 1. The van der Waals surface area contributed by atoms with E-state index in [1.807, 2.05) is 12.1 Å². The number of nitrogens with zero attached hydrogens (tertiary/aromatic N) is 2. The van der Waals surface area contributed by atoms with Gasteiger partial charge in [-0.05, 0) is 43.3 Å². The lowest BCUT2D eigenvalue weighted by Gasteiger charge is -2.10. The molecule has 0 unspecified atom stereocenters. The van der Waals surface area contributed by atoms with Crippen molar-refractivity contribution in [2.24, 2.45) is 0 Å². The summed E-state index contributed by atoms with van der Waals surface area (Å²) in [4.78, 5) is 12.1. The third kappa shape index (κ3) is 3.41. The molecule has 0 spiro atoms. The standard InChI is InChI=1S/C17H12N2O3/c1-2-21-16-9-13(11-19)5-8-15(16)22-17(20)14-6-3-12(10-18)4-7-14/h3-9H,2H2,1H3. The molecule has 0 saturated carbocycles. The zero-order chi connectivity index (χ0) is 15.9. The third-order valence-electron chi connectivity index (χ3n) is 2.83. The molecule has 0 bridgehead atoms. The van der Waals surface area contributed by atoms with Crippen LogP contribution in [0.25, 0.3) is 0 Å². The van der Waals surface area contributed by atoms with Crippen LogP contribution in [-0.4, -0.2) is 12.6 Å². The minimum atomic E-state index is -0.560. The van der Waals surface area contributed by atoms with Crippen LogP contribution in [0.4, 0.5) is 0 Å². The van der Waals surface area contributed by atoms with Crippen molar-refractivity contribution in [1.29, 1.82) is 10.5 Å². The molecule has 0 aliphatic heterocycles. The van der Waals surface area contributed by atoms with Crippen LogP contribution in [0.15, 0.2) is 42.5 Å². The van der Waals surface area contributed by atoms with Gasteiger partial charge in [-0.1, -0.05) is 0 Å². The van der Waals surface area contributed by atoms with Crippen LogP contribution in [0.1, 0.15) is 28.4 Å². The molecule has 0 aliphatic carbocycles. The zero-order valence-corrected chi connectivity index (χ0v) is 11.9. The summed E-state index contributed by atoms with van der Waals surface area (Å²) in [6.45, 7) is 2.18. The molecule has 0 fully saturated rings. The number of carbonyl (C=O) groups is 1. The normalized spacial score (nSPS) is 9.41. The topological polar surface area (TPSA) is 83.1 Å². The molecule has 0 saturated heterocycles. The molecule has 0 amide bonds. The van der Waals surface area contributed by atoms with E-state index >= 15 is 0 Å². The van der Waals surface area contributed by atoms with Crippen molar-refractivity contribution in [2.75, 3.05) is 6.61 Å².